The molecule has 2 unspecified atom stereocenters. The standard InChI is InChI=1S/C15H31N3O2/c1-16-15(14(19)20-5)9-6-7-13(15)8-10-18(4)12-11-17(2)3/h13,16H,6-12H2,1-5H3. The molecule has 0 aromatic heterocycles. The van der Waals surface area contributed by atoms with Gasteiger partial charge in [0.05, 0.1) is 7.11 Å². The molecule has 0 saturated heterocycles. The van der Waals surface area contributed by atoms with Crippen LogP contribution in [0.2, 0.25) is 0 Å². The van der Waals surface area contributed by atoms with Crippen molar-refractivity contribution in [1.29, 1.82) is 0 Å². The molecule has 20 heavy (non-hydrogen) atoms. The van der Waals surface area contributed by atoms with Crippen LogP contribution in [0.5, 0.6) is 0 Å². The molecule has 1 aliphatic carbocycles. The smallest absolute Gasteiger partial charge is 0.326 e. The average Bonchev–Trinajstić information content (AvgIpc) is 2.85. The lowest BCUT2D eigenvalue weighted by Gasteiger charge is -2.33. The van der Waals surface area contributed by atoms with Crippen molar-refractivity contribution in [3.63, 3.8) is 0 Å². The van der Waals surface area contributed by atoms with Gasteiger partial charge in [0, 0.05) is 13.1 Å². The van der Waals surface area contributed by atoms with E-state index >= 15 is 0 Å². The molecule has 1 fully saturated rings. The first kappa shape index (κ1) is 17.4. The van der Waals surface area contributed by atoms with Crippen molar-refractivity contribution in [1.82, 2.24) is 15.1 Å². The van der Waals surface area contributed by atoms with Gasteiger partial charge in [0.25, 0.3) is 0 Å². The number of nitrogens with zero attached hydrogens (tertiary/aromatic N) is 2. The summed E-state index contributed by atoms with van der Waals surface area (Å²) in [6, 6.07) is 0. The van der Waals surface area contributed by atoms with Gasteiger partial charge < -0.3 is 19.9 Å². The van der Waals surface area contributed by atoms with Crippen LogP contribution in [0.15, 0.2) is 0 Å². The molecule has 5 nitrogen and oxygen atoms in total. The van der Waals surface area contributed by atoms with Crippen LogP contribution in [0.1, 0.15) is 25.7 Å². The van der Waals surface area contributed by atoms with Crippen LogP contribution in [0.3, 0.4) is 0 Å². The highest BCUT2D eigenvalue weighted by molar-refractivity contribution is 5.81. The summed E-state index contributed by atoms with van der Waals surface area (Å²) in [4.78, 5) is 16.7. The first-order valence-electron chi connectivity index (χ1n) is 7.57. The Labute approximate surface area is 123 Å². The summed E-state index contributed by atoms with van der Waals surface area (Å²) in [5, 5.41) is 3.25. The number of rotatable bonds is 8. The van der Waals surface area contributed by atoms with E-state index in [1.54, 1.807) is 0 Å². The van der Waals surface area contributed by atoms with Gasteiger partial charge in [0.15, 0.2) is 0 Å². The first-order chi connectivity index (χ1) is 9.46. The molecule has 118 valence electrons. The predicted molar refractivity (Wildman–Crippen MR) is 81.8 cm³/mol. The van der Waals surface area contributed by atoms with E-state index in [9.17, 15) is 4.79 Å². The van der Waals surface area contributed by atoms with Crippen molar-refractivity contribution >= 4 is 5.97 Å². The Morgan fingerprint density at radius 3 is 2.55 bits per heavy atom. The van der Waals surface area contributed by atoms with Crippen molar-refractivity contribution in [2.45, 2.75) is 31.2 Å². The van der Waals surface area contributed by atoms with E-state index in [1.807, 2.05) is 7.05 Å². The third-order valence-electron chi connectivity index (χ3n) is 4.60. The van der Waals surface area contributed by atoms with Crippen LogP contribution in [0, 0.1) is 5.92 Å². The van der Waals surface area contributed by atoms with Gasteiger partial charge >= 0.3 is 5.97 Å². The second-order valence-electron chi connectivity index (χ2n) is 6.20. The lowest BCUT2D eigenvalue weighted by Crippen LogP contribution is -2.54. The number of methoxy groups -OCH3 is 1. The monoisotopic (exact) mass is 285 g/mol. The van der Waals surface area contributed by atoms with Gasteiger partial charge in [-0.25, -0.2) is 0 Å². The average molecular weight is 285 g/mol. The SMILES string of the molecule is CNC1(C(=O)OC)CCCC1CCN(C)CCN(C)C. The van der Waals surface area contributed by atoms with Crippen molar-refractivity contribution < 1.29 is 9.53 Å². The van der Waals surface area contributed by atoms with Gasteiger partial charge in [0.2, 0.25) is 0 Å². The van der Waals surface area contributed by atoms with Crippen LogP contribution in [-0.2, 0) is 9.53 Å². The van der Waals surface area contributed by atoms with Gasteiger partial charge in [-0.15, -0.1) is 0 Å². The summed E-state index contributed by atoms with van der Waals surface area (Å²) in [6.45, 7) is 3.15. The summed E-state index contributed by atoms with van der Waals surface area (Å²) in [5.41, 5.74) is -0.461. The Bertz CT molecular complexity index is 309. The Hall–Kier alpha value is -0.650. The Morgan fingerprint density at radius 1 is 1.30 bits per heavy atom. The summed E-state index contributed by atoms with van der Waals surface area (Å²) in [6.07, 6.45) is 4.14. The van der Waals surface area contributed by atoms with Crippen molar-refractivity contribution in [2.75, 3.05) is 54.9 Å². The van der Waals surface area contributed by atoms with E-state index in [-0.39, 0.29) is 5.97 Å². The molecule has 5 heteroatoms. The third kappa shape index (κ3) is 4.17. The maximum atomic E-state index is 12.1. The van der Waals surface area contributed by atoms with Crippen LogP contribution < -0.4 is 5.32 Å². The fourth-order valence-corrected chi connectivity index (χ4v) is 3.21. The van der Waals surface area contributed by atoms with Crippen LogP contribution in [-0.4, -0.2) is 76.2 Å². The van der Waals surface area contributed by atoms with E-state index in [0.717, 1.165) is 45.3 Å². The number of ether oxygens (including phenoxy) is 1. The van der Waals surface area contributed by atoms with Crippen LogP contribution in [0.25, 0.3) is 0 Å². The molecule has 1 rings (SSSR count). The minimum atomic E-state index is -0.461. The minimum absolute atomic E-state index is 0.0987. The molecule has 0 bridgehead atoms. The second-order valence-corrected chi connectivity index (χ2v) is 6.20. The van der Waals surface area contributed by atoms with Crippen molar-refractivity contribution in [2.24, 2.45) is 5.92 Å². The molecule has 0 aromatic carbocycles. The van der Waals surface area contributed by atoms with Crippen molar-refractivity contribution in [3.8, 4) is 0 Å². The highest BCUT2D eigenvalue weighted by atomic mass is 16.5. The van der Waals surface area contributed by atoms with Gasteiger partial charge in [-0.1, -0.05) is 6.42 Å². The number of likely N-dealkylation sites (N-methyl/N-ethyl adjacent to an activating group) is 3. The van der Waals surface area contributed by atoms with E-state index in [4.69, 9.17) is 4.74 Å². The number of carbonyl (C=O) groups excluding carboxylic acids is 1. The molecule has 2 atom stereocenters. The summed E-state index contributed by atoms with van der Waals surface area (Å²) in [5.74, 6) is 0.278. The maximum absolute atomic E-state index is 12.1. The van der Waals surface area contributed by atoms with Gasteiger partial charge in [-0.05, 0) is 59.9 Å². The van der Waals surface area contributed by atoms with Crippen LogP contribution >= 0.6 is 0 Å². The van der Waals surface area contributed by atoms with E-state index in [0.29, 0.717) is 5.92 Å². The molecule has 0 spiro atoms. The normalized spacial score (nSPS) is 26.4. The second kappa shape index (κ2) is 7.96. The molecule has 0 heterocycles. The number of carbonyl (C=O) groups is 1. The summed E-state index contributed by atoms with van der Waals surface area (Å²) in [7, 11) is 9.70. The zero-order valence-electron chi connectivity index (χ0n) is 13.7. The van der Waals surface area contributed by atoms with Crippen molar-refractivity contribution in [3.05, 3.63) is 0 Å². The molecule has 0 aliphatic heterocycles. The highest BCUT2D eigenvalue weighted by Gasteiger charge is 2.48. The van der Waals surface area contributed by atoms with Gasteiger partial charge in [-0.3, -0.25) is 4.79 Å². The third-order valence-corrected chi connectivity index (χ3v) is 4.60. The van der Waals surface area contributed by atoms with Gasteiger partial charge in [0.1, 0.15) is 5.54 Å². The molecule has 1 saturated carbocycles. The lowest BCUT2D eigenvalue weighted by molar-refractivity contribution is -0.150. The number of hydrogen-bond donors (Lipinski definition) is 1. The first-order valence-corrected chi connectivity index (χ1v) is 7.57. The van der Waals surface area contributed by atoms with Gasteiger partial charge in [-0.2, -0.15) is 0 Å². The highest BCUT2D eigenvalue weighted by Crippen LogP contribution is 2.38. The molecular weight excluding hydrogens is 254 g/mol. The predicted octanol–water partition coefficient (Wildman–Crippen LogP) is 0.801. The zero-order chi connectivity index (χ0) is 15.2. The topological polar surface area (TPSA) is 44.8 Å². The molecule has 1 aliphatic rings. The Balaban J connectivity index is 2.51. The largest absolute Gasteiger partial charge is 0.468 e. The minimum Gasteiger partial charge on any atom is -0.468 e. The number of nitrogens with one attached hydrogen (secondary N) is 1. The maximum Gasteiger partial charge on any atom is 0.326 e. The fraction of sp³-hybridized carbons (Fsp3) is 0.933. The Morgan fingerprint density at radius 2 is 2.00 bits per heavy atom. The molecular formula is C15H31N3O2. The number of esters is 1. The lowest BCUT2D eigenvalue weighted by atomic mass is 9.84. The van der Waals surface area contributed by atoms with E-state index < -0.39 is 5.54 Å². The molecule has 0 aromatic rings. The Kier molecular flexibility index (Phi) is 6.92. The summed E-state index contributed by atoms with van der Waals surface area (Å²) < 4.78 is 5.02. The molecule has 0 amide bonds. The zero-order valence-corrected chi connectivity index (χ0v) is 13.7. The fourth-order valence-electron chi connectivity index (χ4n) is 3.21. The molecule has 0 radical (unpaired) electrons. The molecule has 1 N–H and O–H groups in total. The summed E-state index contributed by atoms with van der Waals surface area (Å²) >= 11 is 0. The van der Waals surface area contributed by atoms with E-state index in [1.165, 1.54) is 7.11 Å². The number of hydrogen-bond acceptors (Lipinski definition) is 5. The van der Waals surface area contributed by atoms with E-state index in [2.05, 4.69) is 36.3 Å². The van der Waals surface area contributed by atoms with Crippen LogP contribution in [0.4, 0.5) is 0 Å². The quantitative estimate of drug-likeness (QED) is 0.668.